The quantitative estimate of drug-likeness (QED) is 0.491. The third-order valence-corrected chi connectivity index (χ3v) is 0.862. The maximum absolute atomic E-state index is 10.3. The summed E-state index contributed by atoms with van der Waals surface area (Å²) >= 11 is 0. The SMILES string of the molecule is C[CH-]C.O=[C-]c1on(O)c(=O)c1O.[U+2]. The maximum Gasteiger partial charge on any atom is 2.00 e. The molecule has 0 aliphatic heterocycles. The molecule has 0 fully saturated rings. The van der Waals surface area contributed by atoms with Gasteiger partial charge in [-0.3, -0.25) is 4.79 Å². The zero-order valence-corrected chi connectivity index (χ0v) is 11.8. The second kappa shape index (κ2) is 7.71. The summed E-state index contributed by atoms with van der Waals surface area (Å²) in [5.74, 6) is -1.66. The molecule has 0 aliphatic rings. The average Bonchev–Trinajstić information content (AvgIpc) is 2.34. The predicted octanol–water partition coefficient (Wildman–Crippen LogP) is 0.0725. The molecule has 0 atom stereocenters. The normalized spacial score (nSPS) is 8.14. The molecule has 0 radical (unpaired) electrons. The van der Waals surface area contributed by atoms with Crippen LogP contribution in [0, 0.1) is 37.5 Å². The topological polar surface area (TPSA) is 92.7 Å². The largest absolute Gasteiger partial charge is 2.00 e. The van der Waals surface area contributed by atoms with Crippen LogP contribution in [0.3, 0.4) is 0 Å². The van der Waals surface area contributed by atoms with Crippen LogP contribution in [0.4, 0.5) is 0 Å². The van der Waals surface area contributed by atoms with Crippen LogP contribution >= 0.6 is 0 Å². The molecular formula is C7H9NO5U. The predicted molar refractivity (Wildman–Crippen MR) is 42.3 cm³/mol. The van der Waals surface area contributed by atoms with E-state index in [1.165, 1.54) is 0 Å². The Hall–Kier alpha value is -0.668. The van der Waals surface area contributed by atoms with Crippen LogP contribution < -0.4 is 5.56 Å². The molecule has 1 heterocycles. The second-order valence-electron chi connectivity index (χ2n) is 2.03. The molecule has 0 aliphatic carbocycles. The fourth-order valence-corrected chi connectivity index (χ4v) is 0.426. The van der Waals surface area contributed by atoms with Crippen molar-refractivity contribution in [3.63, 3.8) is 0 Å². The second-order valence-corrected chi connectivity index (χ2v) is 2.03. The van der Waals surface area contributed by atoms with Crippen LogP contribution in [0.25, 0.3) is 0 Å². The van der Waals surface area contributed by atoms with Crippen molar-refractivity contribution in [1.82, 2.24) is 4.90 Å². The summed E-state index contributed by atoms with van der Waals surface area (Å²) in [4.78, 5) is 19.8. The molecule has 1 aromatic rings. The molecule has 0 unspecified atom stereocenters. The summed E-state index contributed by atoms with van der Waals surface area (Å²) in [6, 6.07) is 0. The van der Waals surface area contributed by atoms with E-state index >= 15 is 0 Å². The Balaban J connectivity index is 0. The van der Waals surface area contributed by atoms with Gasteiger partial charge in [-0.2, -0.15) is 13.8 Å². The molecule has 0 amide bonds. The van der Waals surface area contributed by atoms with Gasteiger partial charge in [0, 0.05) is 6.29 Å². The monoisotopic (exact) mass is 425 g/mol. The van der Waals surface area contributed by atoms with Gasteiger partial charge in [0.05, 0.1) is 11.5 Å². The molecule has 2 N–H and O–H groups in total. The van der Waals surface area contributed by atoms with Gasteiger partial charge in [0.25, 0.3) is 5.56 Å². The number of hydrogen-bond donors (Lipinski definition) is 2. The molecule has 0 saturated heterocycles. The average molecular weight is 425 g/mol. The van der Waals surface area contributed by atoms with Crippen molar-refractivity contribution in [2.45, 2.75) is 13.8 Å². The molecule has 1 aromatic heterocycles. The Morgan fingerprint density at radius 3 is 2.07 bits per heavy atom. The number of rotatable bonds is 1. The molecule has 1 rings (SSSR count). The number of carbonyl (C=O) groups excluding carboxylic acids is 1. The van der Waals surface area contributed by atoms with E-state index in [0.717, 1.165) is 6.29 Å². The first-order valence-corrected chi connectivity index (χ1v) is 3.35. The third kappa shape index (κ3) is 4.03. The van der Waals surface area contributed by atoms with E-state index in [4.69, 9.17) is 10.3 Å². The summed E-state index contributed by atoms with van der Waals surface area (Å²) in [7, 11) is 0. The van der Waals surface area contributed by atoms with Crippen molar-refractivity contribution in [3.05, 3.63) is 22.5 Å². The van der Waals surface area contributed by atoms with Crippen molar-refractivity contribution < 1.29 is 50.7 Å². The number of aromatic nitrogens is 1. The Kier molecular flexibility index (Phi) is 8.69. The van der Waals surface area contributed by atoms with Crippen LogP contribution in [-0.2, 0) is 4.79 Å². The molecule has 0 saturated carbocycles. The van der Waals surface area contributed by atoms with Gasteiger partial charge < -0.3 is 26.1 Å². The summed E-state index contributed by atoms with van der Waals surface area (Å²) in [6.07, 6.45) is 3.11. The van der Waals surface area contributed by atoms with Gasteiger partial charge in [0.15, 0.2) is 0 Å². The van der Waals surface area contributed by atoms with E-state index in [0.29, 0.717) is 0 Å². The maximum atomic E-state index is 10.3. The molecule has 7 heteroatoms. The third-order valence-electron chi connectivity index (χ3n) is 0.862. The van der Waals surface area contributed by atoms with Gasteiger partial charge in [-0.05, 0) is 4.90 Å². The van der Waals surface area contributed by atoms with E-state index in [1.807, 2.05) is 20.3 Å². The van der Waals surface area contributed by atoms with Crippen molar-refractivity contribution >= 4 is 6.29 Å². The van der Waals surface area contributed by atoms with Crippen LogP contribution in [0.2, 0.25) is 0 Å². The molecule has 6 nitrogen and oxygen atoms in total. The standard InChI is InChI=1S/C4H2NO5.C3H7.U/c6-1-2-3(7)4(8)5(9)10-2;1-3-2;/h7,9H;3H,1-2H3;/q2*-1;+2. The zero-order chi connectivity index (χ0) is 10.4. The Morgan fingerprint density at radius 2 is 1.93 bits per heavy atom. The number of hydrogen-bond acceptors (Lipinski definition) is 5. The Bertz CT molecular complexity index is 329. The van der Waals surface area contributed by atoms with E-state index in [2.05, 4.69) is 4.52 Å². The Labute approximate surface area is 104 Å². The first kappa shape index (κ1) is 15.8. The van der Waals surface area contributed by atoms with Crippen molar-refractivity contribution in [2.24, 2.45) is 0 Å². The van der Waals surface area contributed by atoms with Gasteiger partial charge in [-0.25, -0.2) is 0 Å². The number of nitrogens with zero attached hydrogens (tertiary/aromatic N) is 1. The van der Waals surface area contributed by atoms with Crippen LogP contribution in [0.15, 0.2) is 9.32 Å². The van der Waals surface area contributed by atoms with E-state index < -0.39 is 17.1 Å². The first-order chi connectivity index (χ1) is 6.08. The minimum absolute atomic E-state index is 0. The van der Waals surface area contributed by atoms with E-state index in [9.17, 15) is 9.59 Å². The van der Waals surface area contributed by atoms with E-state index in [1.54, 1.807) is 0 Å². The van der Waals surface area contributed by atoms with Crippen LogP contribution in [0.1, 0.15) is 19.6 Å². The zero-order valence-electron chi connectivity index (χ0n) is 7.64. The van der Waals surface area contributed by atoms with Gasteiger partial charge in [-0.15, -0.1) is 0 Å². The van der Waals surface area contributed by atoms with Crippen LogP contribution in [-0.4, -0.2) is 21.5 Å². The molecular weight excluding hydrogens is 416 g/mol. The fraction of sp³-hybridized carbons (Fsp3) is 0.286. The number of aromatic hydroxyl groups is 1. The van der Waals surface area contributed by atoms with Gasteiger partial charge in [0.1, 0.15) is 0 Å². The van der Waals surface area contributed by atoms with Crippen LogP contribution in [0.5, 0.6) is 5.75 Å². The smallest absolute Gasteiger partial charge is 0.584 e. The summed E-state index contributed by atoms with van der Waals surface area (Å²) in [5.41, 5.74) is -1.18. The molecule has 0 spiro atoms. The fourth-order valence-electron chi connectivity index (χ4n) is 0.426. The van der Waals surface area contributed by atoms with Crippen molar-refractivity contribution in [2.75, 3.05) is 0 Å². The summed E-state index contributed by atoms with van der Waals surface area (Å²) < 4.78 is 3.98. The van der Waals surface area contributed by atoms with Crippen molar-refractivity contribution in [3.8, 4) is 5.75 Å². The molecule has 76 valence electrons. The Morgan fingerprint density at radius 1 is 1.50 bits per heavy atom. The first-order valence-electron chi connectivity index (χ1n) is 3.35. The molecule has 14 heavy (non-hydrogen) atoms. The minimum atomic E-state index is -1.18. The van der Waals surface area contributed by atoms with Gasteiger partial charge in [-0.1, -0.05) is 0 Å². The summed E-state index contributed by atoms with van der Waals surface area (Å²) in [5, 5.41) is 16.9. The van der Waals surface area contributed by atoms with E-state index in [-0.39, 0.29) is 36.0 Å². The van der Waals surface area contributed by atoms with Gasteiger partial charge >= 0.3 is 31.1 Å². The van der Waals surface area contributed by atoms with Crippen molar-refractivity contribution in [1.29, 1.82) is 0 Å². The van der Waals surface area contributed by atoms with Gasteiger partial charge in [0.2, 0.25) is 0 Å². The molecule has 0 aromatic carbocycles. The summed E-state index contributed by atoms with van der Waals surface area (Å²) in [6.45, 7) is 4.00. The minimum Gasteiger partial charge on any atom is -0.584 e. The molecule has 0 bridgehead atoms.